The van der Waals surface area contributed by atoms with Gasteiger partial charge in [-0.2, -0.15) is 0 Å². The molecule has 2 aromatic rings. The molecule has 2 heterocycles. The molecule has 0 radical (unpaired) electrons. The van der Waals surface area contributed by atoms with Crippen molar-refractivity contribution in [1.82, 2.24) is 14.5 Å². The molecule has 1 aromatic carbocycles. The number of benzene rings is 1. The summed E-state index contributed by atoms with van der Waals surface area (Å²) in [4.78, 5) is 18.6. The molecular formula is C19H22ClN3O3. The van der Waals surface area contributed by atoms with E-state index in [0.29, 0.717) is 47.8 Å². The molecule has 7 heteroatoms. The number of hydrogen-bond donors (Lipinski definition) is 1. The third-order valence-electron chi connectivity index (χ3n) is 5.49. The van der Waals surface area contributed by atoms with Crippen molar-refractivity contribution in [1.29, 1.82) is 0 Å². The van der Waals surface area contributed by atoms with Gasteiger partial charge in [0.1, 0.15) is 17.5 Å². The number of aryl methyl sites for hydroxylation is 1. The van der Waals surface area contributed by atoms with Crippen molar-refractivity contribution in [2.75, 3.05) is 13.1 Å². The molecule has 1 aromatic heterocycles. The summed E-state index contributed by atoms with van der Waals surface area (Å²) in [6.45, 7) is 1.37. The number of rotatable bonds is 3. The van der Waals surface area contributed by atoms with E-state index in [0.717, 1.165) is 6.42 Å². The summed E-state index contributed by atoms with van der Waals surface area (Å²) in [6.07, 6.45) is 3.79. The summed E-state index contributed by atoms with van der Waals surface area (Å²) < 4.78 is 7.73. The van der Waals surface area contributed by atoms with Crippen molar-refractivity contribution in [3.05, 3.63) is 47.5 Å². The third kappa shape index (κ3) is 3.31. The number of aliphatic hydroxyl groups excluding tert-OH is 1. The Labute approximate surface area is 157 Å². The number of ether oxygens (including phenoxy) is 1. The number of amides is 1. The monoisotopic (exact) mass is 375 g/mol. The second kappa shape index (κ2) is 6.93. The van der Waals surface area contributed by atoms with Gasteiger partial charge in [-0.3, -0.25) is 4.79 Å². The minimum Gasteiger partial charge on any atom is -0.488 e. The number of imidazole rings is 1. The molecule has 2 aliphatic rings. The van der Waals surface area contributed by atoms with E-state index in [9.17, 15) is 9.90 Å². The Morgan fingerprint density at radius 2 is 2.08 bits per heavy atom. The van der Waals surface area contributed by atoms with Gasteiger partial charge in [0.25, 0.3) is 5.91 Å². The van der Waals surface area contributed by atoms with Gasteiger partial charge < -0.3 is 19.3 Å². The second-order valence-electron chi connectivity index (χ2n) is 7.27. The lowest BCUT2D eigenvalue weighted by molar-refractivity contribution is -0.0231. The van der Waals surface area contributed by atoms with E-state index in [1.165, 1.54) is 0 Å². The van der Waals surface area contributed by atoms with Crippen LogP contribution < -0.4 is 4.74 Å². The molecule has 1 amide bonds. The molecule has 4 rings (SSSR count). The van der Waals surface area contributed by atoms with E-state index in [1.54, 1.807) is 29.2 Å². The highest BCUT2D eigenvalue weighted by molar-refractivity contribution is 6.30. The van der Waals surface area contributed by atoms with E-state index < -0.39 is 6.10 Å². The van der Waals surface area contributed by atoms with Crippen molar-refractivity contribution >= 4 is 17.5 Å². The maximum atomic E-state index is 12.7. The molecule has 1 aliphatic heterocycles. The summed E-state index contributed by atoms with van der Waals surface area (Å²) in [5.74, 6) is 1.31. The minimum atomic E-state index is -0.540. The number of likely N-dealkylation sites (tertiary alicyclic amines) is 1. The van der Waals surface area contributed by atoms with E-state index in [4.69, 9.17) is 16.3 Å². The van der Waals surface area contributed by atoms with Crippen molar-refractivity contribution in [2.24, 2.45) is 18.9 Å². The average Bonchev–Trinajstić information content (AvgIpc) is 3.20. The number of nitrogens with zero attached hydrogens (tertiary/aromatic N) is 3. The van der Waals surface area contributed by atoms with E-state index in [2.05, 4.69) is 4.98 Å². The molecule has 26 heavy (non-hydrogen) atoms. The van der Waals surface area contributed by atoms with Crippen LogP contribution in [0.4, 0.5) is 0 Å². The van der Waals surface area contributed by atoms with Gasteiger partial charge in [-0.25, -0.2) is 4.98 Å². The molecule has 1 saturated heterocycles. The van der Waals surface area contributed by atoms with Crippen LogP contribution in [0.3, 0.4) is 0 Å². The highest BCUT2D eigenvalue weighted by Gasteiger charge is 2.44. The number of carbonyl (C=O) groups is 1. The molecule has 4 atom stereocenters. The van der Waals surface area contributed by atoms with Crippen LogP contribution in [0.5, 0.6) is 5.75 Å². The first-order valence-corrected chi connectivity index (χ1v) is 9.25. The van der Waals surface area contributed by atoms with Crippen LogP contribution in [0.15, 0.2) is 36.8 Å². The SMILES string of the molecule is Cn1cncc1C(=O)N1C[C@H]2C[C@@H](Oc3cccc(Cl)c3)[C@H](O)C[C@H]2C1. The number of aromatic nitrogens is 2. The molecule has 1 aliphatic carbocycles. The van der Waals surface area contributed by atoms with Crippen LogP contribution in [0, 0.1) is 11.8 Å². The Balaban J connectivity index is 1.43. The fraction of sp³-hybridized carbons (Fsp3) is 0.474. The molecule has 138 valence electrons. The summed E-state index contributed by atoms with van der Waals surface area (Å²) in [7, 11) is 1.82. The zero-order valence-corrected chi connectivity index (χ0v) is 15.3. The number of carbonyl (C=O) groups excluding carboxylic acids is 1. The lowest BCUT2D eigenvalue weighted by atomic mass is 9.78. The predicted molar refractivity (Wildman–Crippen MR) is 97.2 cm³/mol. The Morgan fingerprint density at radius 3 is 2.77 bits per heavy atom. The van der Waals surface area contributed by atoms with Crippen molar-refractivity contribution < 1.29 is 14.6 Å². The van der Waals surface area contributed by atoms with Gasteiger partial charge in [-0.05, 0) is 42.9 Å². The molecule has 0 spiro atoms. The summed E-state index contributed by atoms with van der Waals surface area (Å²) in [5, 5.41) is 11.1. The second-order valence-corrected chi connectivity index (χ2v) is 7.71. The standard InChI is InChI=1S/C19H22ClN3O3/c1-22-11-21-8-16(22)19(25)23-9-12-5-17(24)18(6-13(12)10-23)26-15-4-2-3-14(20)7-15/h2-4,7-8,11-13,17-18,24H,5-6,9-10H2,1H3/t12-,13+,17+,18+/m0/s1. The Kier molecular flexibility index (Phi) is 4.63. The fourth-order valence-electron chi connectivity index (χ4n) is 4.12. The molecule has 1 saturated carbocycles. The maximum absolute atomic E-state index is 12.7. The van der Waals surface area contributed by atoms with Crippen molar-refractivity contribution in [2.45, 2.75) is 25.0 Å². The van der Waals surface area contributed by atoms with Crippen LogP contribution in [0.2, 0.25) is 5.02 Å². The summed E-state index contributed by atoms with van der Waals surface area (Å²) >= 11 is 6.01. The largest absolute Gasteiger partial charge is 0.488 e. The highest BCUT2D eigenvalue weighted by atomic mass is 35.5. The third-order valence-corrected chi connectivity index (χ3v) is 5.73. The summed E-state index contributed by atoms with van der Waals surface area (Å²) in [5.41, 5.74) is 0.593. The molecule has 0 unspecified atom stereocenters. The van der Waals surface area contributed by atoms with E-state index in [-0.39, 0.29) is 12.0 Å². The van der Waals surface area contributed by atoms with E-state index in [1.807, 2.05) is 24.1 Å². The van der Waals surface area contributed by atoms with Crippen molar-refractivity contribution in [3.8, 4) is 5.75 Å². The fourth-order valence-corrected chi connectivity index (χ4v) is 4.30. The van der Waals surface area contributed by atoms with Crippen molar-refractivity contribution in [3.63, 3.8) is 0 Å². The Hall–Kier alpha value is -2.05. The highest BCUT2D eigenvalue weighted by Crippen LogP contribution is 2.38. The normalized spacial score (nSPS) is 28.0. The summed E-state index contributed by atoms with van der Waals surface area (Å²) in [6, 6.07) is 7.23. The van der Waals surface area contributed by atoms with Crippen LogP contribution >= 0.6 is 11.6 Å². The van der Waals surface area contributed by atoms with Gasteiger partial charge in [0.05, 0.1) is 18.6 Å². The number of aliphatic hydroxyl groups is 1. The van der Waals surface area contributed by atoms with Gasteiger partial charge in [0.15, 0.2) is 0 Å². The molecule has 2 fully saturated rings. The van der Waals surface area contributed by atoms with Crippen LogP contribution in [-0.2, 0) is 7.05 Å². The first kappa shape index (κ1) is 17.4. The van der Waals surface area contributed by atoms with Crippen LogP contribution in [-0.4, -0.2) is 50.8 Å². The number of fused-ring (bicyclic) bond motifs is 1. The van der Waals surface area contributed by atoms with Gasteiger partial charge >= 0.3 is 0 Å². The zero-order valence-electron chi connectivity index (χ0n) is 14.6. The maximum Gasteiger partial charge on any atom is 0.272 e. The van der Waals surface area contributed by atoms with Gasteiger partial charge in [0, 0.05) is 25.2 Å². The number of hydrogen-bond acceptors (Lipinski definition) is 4. The van der Waals surface area contributed by atoms with Crippen LogP contribution in [0.25, 0.3) is 0 Å². The number of halogens is 1. The van der Waals surface area contributed by atoms with Crippen LogP contribution in [0.1, 0.15) is 23.3 Å². The molecule has 1 N–H and O–H groups in total. The average molecular weight is 376 g/mol. The molecule has 6 nitrogen and oxygen atoms in total. The first-order chi connectivity index (χ1) is 12.5. The lowest BCUT2D eigenvalue weighted by Gasteiger charge is -2.35. The van der Waals surface area contributed by atoms with E-state index >= 15 is 0 Å². The minimum absolute atomic E-state index is 0.00111. The molecular weight excluding hydrogens is 354 g/mol. The Bertz CT molecular complexity index is 809. The lowest BCUT2D eigenvalue weighted by Crippen LogP contribution is -2.42. The Morgan fingerprint density at radius 1 is 1.31 bits per heavy atom. The molecule has 0 bridgehead atoms. The van der Waals surface area contributed by atoms with Gasteiger partial charge in [-0.1, -0.05) is 17.7 Å². The quantitative estimate of drug-likeness (QED) is 0.894. The smallest absolute Gasteiger partial charge is 0.272 e. The van der Waals surface area contributed by atoms with Gasteiger partial charge in [0.2, 0.25) is 0 Å². The topological polar surface area (TPSA) is 67.6 Å². The first-order valence-electron chi connectivity index (χ1n) is 8.87. The zero-order chi connectivity index (χ0) is 18.3. The predicted octanol–water partition coefficient (Wildman–Crippen LogP) is 2.36. The van der Waals surface area contributed by atoms with Gasteiger partial charge in [-0.15, -0.1) is 0 Å².